The van der Waals surface area contributed by atoms with Crippen molar-refractivity contribution in [2.45, 2.75) is 38.1 Å². The van der Waals surface area contributed by atoms with E-state index in [-0.39, 0.29) is 17.2 Å². The van der Waals surface area contributed by atoms with Gasteiger partial charge in [0.05, 0.1) is 4.92 Å². The van der Waals surface area contributed by atoms with Gasteiger partial charge in [-0.15, -0.1) is 0 Å². The van der Waals surface area contributed by atoms with Gasteiger partial charge in [-0.1, -0.05) is 25.3 Å². The molecule has 1 aromatic rings. The van der Waals surface area contributed by atoms with E-state index >= 15 is 0 Å². The molecular formula is C13H17N3O3. The fourth-order valence-corrected chi connectivity index (χ4v) is 2.25. The summed E-state index contributed by atoms with van der Waals surface area (Å²) in [6.07, 6.45) is 5.69. The first-order valence-electron chi connectivity index (χ1n) is 6.47. The van der Waals surface area contributed by atoms with Crippen molar-refractivity contribution in [2.24, 2.45) is 0 Å². The molecule has 1 fully saturated rings. The SMILES string of the molecule is O=C(NNC1CCCCC1)c1cccc([N+](=O)[O-])c1. The Morgan fingerprint density at radius 1 is 1.26 bits per heavy atom. The molecule has 2 N–H and O–H groups in total. The predicted octanol–water partition coefficient (Wildman–Crippen LogP) is 2.16. The van der Waals surface area contributed by atoms with Gasteiger partial charge in [0, 0.05) is 23.7 Å². The zero-order valence-electron chi connectivity index (χ0n) is 10.6. The summed E-state index contributed by atoms with van der Waals surface area (Å²) in [6, 6.07) is 6.01. The molecule has 0 unspecified atom stereocenters. The van der Waals surface area contributed by atoms with Crippen LogP contribution in [0, 0.1) is 10.1 Å². The molecule has 1 aliphatic carbocycles. The number of nitrogens with zero attached hydrogens (tertiary/aromatic N) is 1. The van der Waals surface area contributed by atoms with E-state index in [1.165, 1.54) is 37.5 Å². The molecule has 0 bridgehead atoms. The quantitative estimate of drug-likeness (QED) is 0.644. The zero-order valence-corrected chi connectivity index (χ0v) is 10.6. The Morgan fingerprint density at radius 3 is 2.68 bits per heavy atom. The highest BCUT2D eigenvalue weighted by Gasteiger charge is 2.15. The number of non-ortho nitro benzene ring substituents is 1. The van der Waals surface area contributed by atoms with Gasteiger partial charge in [0.1, 0.15) is 0 Å². The number of benzene rings is 1. The summed E-state index contributed by atoms with van der Waals surface area (Å²) < 4.78 is 0. The van der Waals surface area contributed by atoms with Crippen molar-refractivity contribution in [1.29, 1.82) is 0 Å². The standard InChI is InChI=1S/C13H17N3O3/c17-13(15-14-11-6-2-1-3-7-11)10-5-4-8-12(9-10)16(18)19/h4-5,8-9,11,14H,1-3,6-7H2,(H,15,17). The second kappa shape index (κ2) is 6.29. The first kappa shape index (κ1) is 13.5. The summed E-state index contributed by atoms with van der Waals surface area (Å²) in [5.41, 5.74) is 5.83. The number of nitro groups is 1. The molecule has 6 nitrogen and oxygen atoms in total. The van der Waals surface area contributed by atoms with Gasteiger partial charge < -0.3 is 0 Å². The van der Waals surface area contributed by atoms with Crippen molar-refractivity contribution in [3.05, 3.63) is 39.9 Å². The van der Waals surface area contributed by atoms with Crippen molar-refractivity contribution in [1.82, 2.24) is 10.9 Å². The lowest BCUT2D eigenvalue weighted by atomic mass is 9.96. The van der Waals surface area contributed by atoms with Crippen molar-refractivity contribution in [3.63, 3.8) is 0 Å². The van der Waals surface area contributed by atoms with Crippen LogP contribution in [0.1, 0.15) is 42.5 Å². The molecule has 0 aliphatic heterocycles. The minimum Gasteiger partial charge on any atom is -0.287 e. The Kier molecular flexibility index (Phi) is 4.46. The maximum Gasteiger partial charge on any atom is 0.270 e. The van der Waals surface area contributed by atoms with Crippen LogP contribution in [-0.4, -0.2) is 16.9 Å². The number of hydrazine groups is 1. The third-order valence-corrected chi connectivity index (χ3v) is 3.31. The van der Waals surface area contributed by atoms with Gasteiger partial charge in [0.15, 0.2) is 0 Å². The van der Waals surface area contributed by atoms with Crippen LogP contribution >= 0.6 is 0 Å². The summed E-state index contributed by atoms with van der Waals surface area (Å²) in [5, 5.41) is 10.6. The molecule has 1 amide bonds. The Balaban J connectivity index is 1.92. The topological polar surface area (TPSA) is 84.3 Å². The Hall–Kier alpha value is -1.95. The smallest absolute Gasteiger partial charge is 0.270 e. The molecule has 1 saturated carbocycles. The number of rotatable bonds is 4. The van der Waals surface area contributed by atoms with Gasteiger partial charge in [0.2, 0.25) is 0 Å². The summed E-state index contributed by atoms with van der Waals surface area (Å²) in [4.78, 5) is 22.0. The molecule has 1 aromatic carbocycles. The Morgan fingerprint density at radius 2 is 2.00 bits per heavy atom. The van der Waals surface area contributed by atoms with Crippen LogP contribution in [0.15, 0.2) is 24.3 Å². The van der Waals surface area contributed by atoms with Crippen molar-refractivity contribution < 1.29 is 9.72 Å². The number of carbonyl (C=O) groups is 1. The fourth-order valence-electron chi connectivity index (χ4n) is 2.25. The van der Waals surface area contributed by atoms with Crippen molar-refractivity contribution >= 4 is 11.6 Å². The van der Waals surface area contributed by atoms with Gasteiger partial charge in [-0.25, -0.2) is 5.43 Å². The highest BCUT2D eigenvalue weighted by atomic mass is 16.6. The van der Waals surface area contributed by atoms with E-state index in [0.717, 1.165) is 12.8 Å². The monoisotopic (exact) mass is 263 g/mol. The molecule has 102 valence electrons. The molecular weight excluding hydrogens is 246 g/mol. The first-order valence-corrected chi connectivity index (χ1v) is 6.47. The summed E-state index contributed by atoms with van der Waals surface area (Å²) >= 11 is 0. The third-order valence-electron chi connectivity index (χ3n) is 3.31. The highest BCUT2D eigenvalue weighted by Crippen LogP contribution is 2.17. The van der Waals surface area contributed by atoms with E-state index in [4.69, 9.17) is 0 Å². The second-order valence-corrected chi connectivity index (χ2v) is 4.74. The van der Waals surface area contributed by atoms with E-state index in [9.17, 15) is 14.9 Å². The van der Waals surface area contributed by atoms with Gasteiger partial charge in [0.25, 0.3) is 11.6 Å². The molecule has 0 aromatic heterocycles. The summed E-state index contributed by atoms with van der Waals surface area (Å²) in [7, 11) is 0. The average molecular weight is 263 g/mol. The molecule has 6 heteroatoms. The van der Waals surface area contributed by atoms with Crippen LogP contribution in [-0.2, 0) is 0 Å². The predicted molar refractivity (Wildman–Crippen MR) is 70.6 cm³/mol. The lowest BCUT2D eigenvalue weighted by molar-refractivity contribution is -0.384. The van der Waals surface area contributed by atoms with Crippen LogP contribution in [0.3, 0.4) is 0 Å². The number of nitrogens with one attached hydrogen (secondary N) is 2. The number of hydrogen-bond donors (Lipinski definition) is 2. The highest BCUT2D eigenvalue weighted by molar-refractivity contribution is 5.94. The van der Waals surface area contributed by atoms with Gasteiger partial charge in [-0.05, 0) is 18.9 Å². The lowest BCUT2D eigenvalue weighted by Crippen LogP contribution is -2.45. The van der Waals surface area contributed by atoms with Gasteiger partial charge >= 0.3 is 0 Å². The molecule has 0 heterocycles. The minimum atomic E-state index is -0.509. The number of carbonyl (C=O) groups excluding carboxylic acids is 1. The first-order chi connectivity index (χ1) is 9.16. The lowest BCUT2D eigenvalue weighted by Gasteiger charge is -2.22. The Bertz CT molecular complexity index is 470. The van der Waals surface area contributed by atoms with Crippen molar-refractivity contribution in [2.75, 3.05) is 0 Å². The number of amides is 1. The maximum atomic E-state index is 11.9. The van der Waals surface area contributed by atoms with Crippen LogP contribution in [0.25, 0.3) is 0 Å². The van der Waals surface area contributed by atoms with E-state index in [2.05, 4.69) is 10.9 Å². The van der Waals surface area contributed by atoms with Crippen LogP contribution in [0.5, 0.6) is 0 Å². The van der Waals surface area contributed by atoms with Crippen LogP contribution in [0.2, 0.25) is 0 Å². The molecule has 0 radical (unpaired) electrons. The van der Waals surface area contributed by atoms with E-state index in [0.29, 0.717) is 6.04 Å². The van der Waals surface area contributed by atoms with E-state index < -0.39 is 4.92 Å². The van der Waals surface area contributed by atoms with E-state index in [1.807, 2.05) is 0 Å². The molecule has 1 aliphatic rings. The molecule has 19 heavy (non-hydrogen) atoms. The maximum absolute atomic E-state index is 11.9. The second-order valence-electron chi connectivity index (χ2n) is 4.74. The molecule has 0 atom stereocenters. The molecule has 0 spiro atoms. The Labute approximate surface area is 111 Å². The fraction of sp³-hybridized carbons (Fsp3) is 0.462. The van der Waals surface area contributed by atoms with Crippen LogP contribution < -0.4 is 10.9 Å². The number of nitro benzene ring substituents is 1. The van der Waals surface area contributed by atoms with Crippen molar-refractivity contribution in [3.8, 4) is 0 Å². The zero-order chi connectivity index (χ0) is 13.7. The normalized spacial score (nSPS) is 16.0. The minimum absolute atomic E-state index is 0.0784. The summed E-state index contributed by atoms with van der Waals surface area (Å²) in [6.45, 7) is 0. The van der Waals surface area contributed by atoms with Crippen LogP contribution in [0.4, 0.5) is 5.69 Å². The third kappa shape index (κ3) is 3.75. The number of hydrogen-bond acceptors (Lipinski definition) is 4. The largest absolute Gasteiger partial charge is 0.287 e. The molecule has 2 rings (SSSR count). The summed E-state index contributed by atoms with van der Waals surface area (Å²) in [5.74, 6) is -0.339. The molecule has 0 saturated heterocycles. The average Bonchev–Trinajstić information content (AvgIpc) is 2.46. The van der Waals surface area contributed by atoms with Gasteiger partial charge in [-0.2, -0.15) is 0 Å². The van der Waals surface area contributed by atoms with E-state index in [1.54, 1.807) is 6.07 Å². The van der Waals surface area contributed by atoms with Gasteiger partial charge in [-0.3, -0.25) is 20.3 Å².